The highest BCUT2D eigenvalue weighted by Crippen LogP contribution is 2.40. The fraction of sp³-hybridized carbons (Fsp3) is 0.500. The predicted molar refractivity (Wildman–Crippen MR) is 191 cm³/mol. The van der Waals surface area contributed by atoms with E-state index in [1.165, 1.54) is 0 Å². The standard InChI is InChI=1S/C40H54O10/c1-2-18-41-19-20-42-21-22-43-23-24-44-25-26-45-27-28-46-29-30-47-31-32-48-33-34-49-35-36-50-40(37-12-6-3-7-13-37,38-14-8-4-9-15-38)39-16-10-5-11-17-39/h1,3-17H,18-36H2. The minimum Gasteiger partial charge on any atom is -0.377 e. The molecule has 10 heteroatoms. The first-order chi connectivity index (χ1) is 24.9. The Morgan fingerprint density at radius 3 is 0.840 bits per heavy atom. The second-order valence-corrected chi connectivity index (χ2v) is 10.8. The summed E-state index contributed by atoms with van der Waals surface area (Å²) < 4.78 is 56.2. The molecule has 0 aromatic heterocycles. The lowest BCUT2D eigenvalue weighted by Crippen LogP contribution is -2.34. The first kappa shape index (κ1) is 41.2. The van der Waals surface area contributed by atoms with E-state index >= 15 is 0 Å². The van der Waals surface area contributed by atoms with E-state index in [9.17, 15) is 0 Å². The van der Waals surface area contributed by atoms with E-state index in [4.69, 9.17) is 53.8 Å². The van der Waals surface area contributed by atoms with Gasteiger partial charge in [0.05, 0.1) is 119 Å². The van der Waals surface area contributed by atoms with E-state index in [2.05, 4.69) is 42.3 Å². The summed E-state index contributed by atoms with van der Waals surface area (Å²) in [6.07, 6.45) is 5.09. The van der Waals surface area contributed by atoms with Gasteiger partial charge in [-0.15, -0.1) is 6.42 Å². The lowest BCUT2D eigenvalue weighted by molar-refractivity contribution is -0.0398. The molecule has 0 heterocycles. The number of ether oxygens (including phenoxy) is 10. The lowest BCUT2D eigenvalue weighted by Gasteiger charge is -2.36. The molecule has 0 unspecified atom stereocenters. The largest absolute Gasteiger partial charge is 0.377 e. The summed E-state index contributed by atoms with van der Waals surface area (Å²) in [5.41, 5.74) is 2.45. The van der Waals surface area contributed by atoms with Crippen LogP contribution in [-0.4, -0.2) is 126 Å². The molecule has 10 nitrogen and oxygen atoms in total. The highest BCUT2D eigenvalue weighted by Gasteiger charge is 2.37. The van der Waals surface area contributed by atoms with E-state index in [0.717, 1.165) is 16.7 Å². The molecule has 0 aliphatic carbocycles. The van der Waals surface area contributed by atoms with Crippen LogP contribution in [0.3, 0.4) is 0 Å². The normalized spacial score (nSPS) is 11.5. The maximum Gasteiger partial charge on any atom is 0.143 e. The van der Waals surface area contributed by atoms with E-state index in [1.54, 1.807) is 0 Å². The number of terminal acetylenes is 1. The molecule has 0 spiro atoms. The van der Waals surface area contributed by atoms with Gasteiger partial charge in [-0.1, -0.05) is 96.9 Å². The monoisotopic (exact) mass is 694 g/mol. The summed E-state index contributed by atoms with van der Waals surface area (Å²) in [7, 11) is 0. The van der Waals surface area contributed by atoms with Gasteiger partial charge >= 0.3 is 0 Å². The van der Waals surface area contributed by atoms with Crippen molar-refractivity contribution < 1.29 is 47.4 Å². The first-order valence-corrected chi connectivity index (χ1v) is 17.3. The van der Waals surface area contributed by atoms with Gasteiger partial charge in [0.15, 0.2) is 0 Å². The van der Waals surface area contributed by atoms with Gasteiger partial charge in [0.2, 0.25) is 0 Å². The fourth-order valence-electron chi connectivity index (χ4n) is 4.91. The Bertz CT molecular complexity index is 1130. The van der Waals surface area contributed by atoms with Gasteiger partial charge in [0.1, 0.15) is 12.2 Å². The summed E-state index contributed by atoms with van der Waals surface area (Å²) in [6, 6.07) is 31.0. The summed E-state index contributed by atoms with van der Waals surface area (Å²) in [5, 5.41) is 0. The van der Waals surface area contributed by atoms with Gasteiger partial charge in [-0.25, -0.2) is 0 Å². The minimum absolute atomic E-state index is 0.306. The first-order valence-electron chi connectivity index (χ1n) is 17.3. The van der Waals surface area contributed by atoms with Crippen molar-refractivity contribution in [1.82, 2.24) is 0 Å². The third kappa shape index (κ3) is 17.2. The van der Waals surface area contributed by atoms with Crippen LogP contribution in [0.15, 0.2) is 91.0 Å². The molecule has 0 aliphatic heterocycles. The molecule has 0 fully saturated rings. The van der Waals surface area contributed by atoms with Crippen molar-refractivity contribution in [3.63, 3.8) is 0 Å². The Morgan fingerprint density at radius 2 is 0.580 bits per heavy atom. The molecule has 50 heavy (non-hydrogen) atoms. The highest BCUT2D eigenvalue weighted by atomic mass is 16.6. The van der Waals surface area contributed by atoms with Crippen LogP contribution in [-0.2, 0) is 53.0 Å². The van der Waals surface area contributed by atoms with Crippen LogP contribution in [0.1, 0.15) is 16.7 Å². The number of hydrogen-bond donors (Lipinski definition) is 0. The van der Waals surface area contributed by atoms with Gasteiger partial charge in [-0.2, -0.15) is 0 Å². The number of rotatable bonds is 32. The Hall–Kier alpha value is -3.18. The van der Waals surface area contributed by atoms with E-state index < -0.39 is 5.60 Å². The van der Waals surface area contributed by atoms with E-state index in [0.29, 0.717) is 126 Å². The van der Waals surface area contributed by atoms with Crippen molar-refractivity contribution in [3.8, 4) is 12.3 Å². The van der Waals surface area contributed by atoms with Crippen molar-refractivity contribution in [2.24, 2.45) is 0 Å². The van der Waals surface area contributed by atoms with Crippen LogP contribution in [0, 0.1) is 12.3 Å². The van der Waals surface area contributed by atoms with Crippen molar-refractivity contribution in [2.45, 2.75) is 5.60 Å². The third-order valence-electron chi connectivity index (χ3n) is 7.25. The Kier molecular flexibility index (Phi) is 23.5. The van der Waals surface area contributed by atoms with Crippen LogP contribution < -0.4 is 0 Å². The smallest absolute Gasteiger partial charge is 0.143 e. The maximum absolute atomic E-state index is 6.72. The number of hydrogen-bond acceptors (Lipinski definition) is 10. The van der Waals surface area contributed by atoms with Crippen molar-refractivity contribution in [1.29, 1.82) is 0 Å². The van der Waals surface area contributed by atoms with Crippen LogP contribution >= 0.6 is 0 Å². The molecule has 0 atom stereocenters. The van der Waals surface area contributed by atoms with Gasteiger partial charge in [0.25, 0.3) is 0 Å². The Balaban J connectivity index is 1.11. The molecule has 0 saturated heterocycles. The molecule has 0 bridgehead atoms. The lowest BCUT2D eigenvalue weighted by atomic mass is 9.80. The quantitative estimate of drug-likeness (QED) is 0.0517. The highest BCUT2D eigenvalue weighted by molar-refractivity contribution is 5.47. The van der Waals surface area contributed by atoms with Crippen LogP contribution in [0.25, 0.3) is 0 Å². The second-order valence-electron chi connectivity index (χ2n) is 10.8. The summed E-state index contributed by atoms with van der Waals surface area (Å²) in [4.78, 5) is 0. The topological polar surface area (TPSA) is 92.3 Å². The van der Waals surface area contributed by atoms with Gasteiger partial charge in [-0.3, -0.25) is 0 Å². The molecule has 3 aromatic rings. The molecule has 0 N–H and O–H groups in total. The summed E-state index contributed by atoms with van der Waals surface area (Å²) in [5.74, 6) is 2.40. The molecule has 3 rings (SSSR count). The molecular weight excluding hydrogens is 640 g/mol. The van der Waals surface area contributed by atoms with Crippen LogP contribution in [0.5, 0.6) is 0 Å². The van der Waals surface area contributed by atoms with Gasteiger partial charge < -0.3 is 47.4 Å². The molecule has 3 aromatic carbocycles. The van der Waals surface area contributed by atoms with Crippen molar-refractivity contribution >= 4 is 0 Å². The Morgan fingerprint density at radius 1 is 0.340 bits per heavy atom. The fourth-order valence-corrected chi connectivity index (χ4v) is 4.91. The van der Waals surface area contributed by atoms with Crippen LogP contribution in [0.4, 0.5) is 0 Å². The molecule has 274 valence electrons. The van der Waals surface area contributed by atoms with E-state index in [-0.39, 0.29) is 0 Å². The zero-order valence-electron chi connectivity index (χ0n) is 29.3. The number of benzene rings is 3. The SMILES string of the molecule is C#CCOCCOCCOCCOCCOCCOCCOCCOCCOCCOC(c1ccccc1)(c1ccccc1)c1ccccc1. The zero-order valence-corrected chi connectivity index (χ0v) is 29.3. The van der Waals surface area contributed by atoms with Gasteiger partial charge in [-0.05, 0) is 16.7 Å². The average molecular weight is 695 g/mol. The van der Waals surface area contributed by atoms with Crippen molar-refractivity contribution in [3.05, 3.63) is 108 Å². The summed E-state index contributed by atoms with van der Waals surface area (Å²) in [6.45, 7) is 9.14. The molecule has 0 amide bonds. The van der Waals surface area contributed by atoms with Crippen molar-refractivity contribution in [2.75, 3.05) is 126 Å². The zero-order chi connectivity index (χ0) is 35.1. The molecule has 0 saturated carbocycles. The maximum atomic E-state index is 6.72. The van der Waals surface area contributed by atoms with Crippen LogP contribution in [0.2, 0.25) is 0 Å². The average Bonchev–Trinajstić information content (AvgIpc) is 3.17. The predicted octanol–water partition coefficient (Wildman–Crippen LogP) is 4.78. The molecule has 0 radical (unpaired) electrons. The van der Waals surface area contributed by atoms with Gasteiger partial charge in [0, 0.05) is 0 Å². The third-order valence-corrected chi connectivity index (χ3v) is 7.25. The van der Waals surface area contributed by atoms with E-state index in [1.807, 2.05) is 54.6 Å². The molecular formula is C40H54O10. The Labute approximate surface area is 298 Å². The summed E-state index contributed by atoms with van der Waals surface area (Å²) >= 11 is 0. The molecule has 0 aliphatic rings. The second kappa shape index (κ2) is 28.5. The minimum atomic E-state index is -0.750.